The predicted octanol–water partition coefficient (Wildman–Crippen LogP) is 6.56. The van der Waals surface area contributed by atoms with Crippen LogP contribution in [0.5, 0.6) is 29.1 Å². The molecule has 0 N–H and O–H groups in total. The van der Waals surface area contributed by atoms with E-state index in [0.29, 0.717) is 53.0 Å². The van der Waals surface area contributed by atoms with Crippen molar-refractivity contribution in [3.63, 3.8) is 0 Å². The highest BCUT2D eigenvalue weighted by molar-refractivity contribution is 5.78. The van der Waals surface area contributed by atoms with Gasteiger partial charge in [0.25, 0.3) is 5.88 Å². The van der Waals surface area contributed by atoms with E-state index in [1.807, 2.05) is 55.7 Å². The van der Waals surface area contributed by atoms with Crippen molar-refractivity contribution in [2.75, 3.05) is 6.61 Å². The maximum absolute atomic E-state index is 9.45. The van der Waals surface area contributed by atoms with Gasteiger partial charge >= 0.3 is 6.01 Å². The molecule has 0 unspecified atom stereocenters. The Morgan fingerprint density at radius 2 is 1.72 bits per heavy atom. The number of fused-ring (bicyclic) bond motifs is 1. The second kappa shape index (κ2) is 10.2. The first-order valence-electron chi connectivity index (χ1n) is 12.2. The van der Waals surface area contributed by atoms with Crippen molar-refractivity contribution in [3.05, 3.63) is 59.4 Å². The molecule has 8 heteroatoms. The molecule has 0 saturated carbocycles. The third-order valence-corrected chi connectivity index (χ3v) is 5.70. The summed E-state index contributed by atoms with van der Waals surface area (Å²) in [7, 11) is 0. The standard InChI is InChI=1S/C28H31N5O3/c1-7-23-30-24-25(33(23)8-2)31-27(32-26(24)35-20-12-10-11-19(16-20)34-9-3)36-22-15-18(17-29)13-14-21(22)28(4,5)6/h10-16H,7-9H2,1-6H3. The Balaban J connectivity index is 1.85. The highest BCUT2D eigenvalue weighted by Crippen LogP contribution is 2.36. The minimum atomic E-state index is -0.215. The molecule has 4 aromatic rings. The van der Waals surface area contributed by atoms with Gasteiger partial charge in [-0.2, -0.15) is 15.2 Å². The summed E-state index contributed by atoms with van der Waals surface area (Å²) in [5.74, 6) is 2.97. The summed E-state index contributed by atoms with van der Waals surface area (Å²) in [5, 5.41) is 9.45. The van der Waals surface area contributed by atoms with Gasteiger partial charge in [0.15, 0.2) is 11.2 Å². The number of aromatic nitrogens is 4. The van der Waals surface area contributed by atoms with Crippen molar-refractivity contribution in [3.8, 4) is 35.2 Å². The highest BCUT2D eigenvalue weighted by Gasteiger charge is 2.23. The fourth-order valence-electron chi connectivity index (χ4n) is 4.02. The molecule has 0 fully saturated rings. The molecule has 0 aliphatic rings. The second-order valence-electron chi connectivity index (χ2n) is 9.29. The van der Waals surface area contributed by atoms with E-state index in [4.69, 9.17) is 24.2 Å². The zero-order valence-electron chi connectivity index (χ0n) is 21.6. The summed E-state index contributed by atoms with van der Waals surface area (Å²) >= 11 is 0. The normalized spacial score (nSPS) is 11.4. The average molecular weight is 486 g/mol. The van der Waals surface area contributed by atoms with Gasteiger partial charge in [-0.25, -0.2) is 4.98 Å². The summed E-state index contributed by atoms with van der Waals surface area (Å²) in [4.78, 5) is 14.1. The Labute approximate surface area is 211 Å². The molecule has 2 aromatic heterocycles. The molecule has 0 spiro atoms. The van der Waals surface area contributed by atoms with Gasteiger partial charge in [-0.1, -0.05) is 39.8 Å². The molecule has 0 bridgehead atoms. The zero-order chi connectivity index (χ0) is 25.9. The van der Waals surface area contributed by atoms with Crippen LogP contribution < -0.4 is 14.2 Å². The van der Waals surface area contributed by atoms with E-state index < -0.39 is 0 Å². The average Bonchev–Trinajstić information content (AvgIpc) is 3.21. The van der Waals surface area contributed by atoms with Gasteiger partial charge in [0.1, 0.15) is 23.1 Å². The van der Waals surface area contributed by atoms with E-state index in [1.165, 1.54) is 0 Å². The van der Waals surface area contributed by atoms with Crippen LogP contribution in [0, 0.1) is 11.3 Å². The van der Waals surface area contributed by atoms with Crippen LogP contribution in [0.1, 0.15) is 58.5 Å². The minimum Gasteiger partial charge on any atom is -0.494 e. The molecule has 0 radical (unpaired) electrons. The summed E-state index contributed by atoms with van der Waals surface area (Å²) in [5.41, 5.74) is 2.41. The molecule has 0 aliphatic carbocycles. The van der Waals surface area contributed by atoms with E-state index in [-0.39, 0.29) is 11.4 Å². The Kier molecular flexibility index (Phi) is 7.11. The Morgan fingerprint density at radius 1 is 0.944 bits per heavy atom. The van der Waals surface area contributed by atoms with E-state index in [1.54, 1.807) is 12.1 Å². The van der Waals surface area contributed by atoms with Crippen LogP contribution in [0.25, 0.3) is 11.2 Å². The van der Waals surface area contributed by atoms with Crippen molar-refractivity contribution < 1.29 is 14.2 Å². The molecule has 2 heterocycles. The molecule has 0 saturated heterocycles. The van der Waals surface area contributed by atoms with Crippen molar-refractivity contribution in [2.24, 2.45) is 0 Å². The maximum atomic E-state index is 9.45. The Bertz CT molecular complexity index is 1430. The molecule has 4 rings (SSSR count). The lowest BCUT2D eigenvalue weighted by Gasteiger charge is -2.22. The lowest BCUT2D eigenvalue weighted by molar-refractivity contribution is 0.337. The molecule has 0 atom stereocenters. The van der Waals surface area contributed by atoms with Gasteiger partial charge in [0.2, 0.25) is 0 Å². The van der Waals surface area contributed by atoms with Gasteiger partial charge in [0.05, 0.1) is 18.2 Å². The Hall–Kier alpha value is -4.12. The number of rotatable bonds is 8. The first-order chi connectivity index (χ1) is 17.3. The molecule has 0 aliphatic heterocycles. The van der Waals surface area contributed by atoms with Crippen LogP contribution in [0.3, 0.4) is 0 Å². The highest BCUT2D eigenvalue weighted by atomic mass is 16.5. The first-order valence-corrected chi connectivity index (χ1v) is 12.2. The van der Waals surface area contributed by atoms with Crippen molar-refractivity contribution in [2.45, 2.75) is 59.9 Å². The van der Waals surface area contributed by atoms with E-state index >= 15 is 0 Å². The van der Waals surface area contributed by atoms with Gasteiger partial charge in [-0.05, 0) is 43.5 Å². The van der Waals surface area contributed by atoms with E-state index in [2.05, 4.69) is 31.8 Å². The largest absolute Gasteiger partial charge is 0.494 e. The van der Waals surface area contributed by atoms with Gasteiger partial charge < -0.3 is 18.8 Å². The van der Waals surface area contributed by atoms with Crippen LogP contribution >= 0.6 is 0 Å². The fourth-order valence-corrected chi connectivity index (χ4v) is 4.02. The summed E-state index contributed by atoms with van der Waals surface area (Å²) in [6, 6.07) is 15.1. The van der Waals surface area contributed by atoms with Crippen molar-refractivity contribution >= 4 is 11.2 Å². The van der Waals surface area contributed by atoms with Crippen LogP contribution in [0.2, 0.25) is 0 Å². The summed E-state index contributed by atoms with van der Waals surface area (Å²) in [6.45, 7) is 13.5. The van der Waals surface area contributed by atoms with Gasteiger partial charge in [-0.3, -0.25) is 0 Å². The third kappa shape index (κ3) is 5.10. The van der Waals surface area contributed by atoms with E-state index in [9.17, 15) is 5.26 Å². The molecule has 36 heavy (non-hydrogen) atoms. The van der Waals surface area contributed by atoms with Crippen LogP contribution in [-0.2, 0) is 18.4 Å². The van der Waals surface area contributed by atoms with Crippen molar-refractivity contribution in [1.29, 1.82) is 5.26 Å². The number of nitriles is 1. The van der Waals surface area contributed by atoms with Gasteiger partial charge in [-0.15, -0.1) is 0 Å². The summed E-state index contributed by atoms with van der Waals surface area (Å²) < 4.78 is 20.1. The van der Waals surface area contributed by atoms with Crippen molar-refractivity contribution in [1.82, 2.24) is 19.5 Å². The topological polar surface area (TPSA) is 95.1 Å². The molecule has 8 nitrogen and oxygen atoms in total. The smallest absolute Gasteiger partial charge is 0.327 e. The maximum Gasteiger partial charge on any atom is 0.327 e. The molecule has 186 valence electrons. The molecule has 0 amide bonds. The number of nitrogens with zero attached hydrogens (tertiary/aromatic N) is 5. The predicted molar refractivity (Wildman–Crippen MR) is 138 cm³/mol. The lowest BCUT2D eigenvalue weighted by atomic mass is 9.86. The number of ether oxygens (including phenoxy) is 3. The number of imidazole rings is 1. The molecule has 2 aromatic carbocycles. The van der Waals surface area contributed by atoms with Crippen LogP contribution in [-0.4, -0.2) is 26.1 Å². The van der Waals surface area contributed by atoms with Gasteiger partial charge in [0, 0.05) is 24.6 Å². The quantitative estimate of drug-likeness (QED) is 0.279. The monoisotopic (exact) mass is 485 g/mol. The lowest BCUT2D eigenvalue weighted by Crippen LogP contribution is -2.13. The molecular formula is C28H31N5O3. The number of hydrogen-bond donors (Lipinski definition) is 0. The number of aryl methyl sites for hydroxylation is 2. The zero-order valence-corrected chi connectivity index (χ0v) is 21.6. The number of benzene rings is 2. The second-order valence-corrected chi connectivity index (χ2v) is 9.29. The summed E-state index contributed by atoms with van der Waals surface area (Å²) in [6.07, 6.45) is 0.734. The SMILES string of the molecule is CCOc1cccc(Oc2nc(Oc3cc(C#N)ccc3C(C)(C)C)nc3c2nc(CC)n3CC)c1. The van der Waals surface area contributed by atoms with Crippen LogP contribution in [0.15, 0.2) is 42.5 Å². The third-order valence-electron chi connectivity index (χ3n) is 5.70. The fraction of sp³-hybridized carbons (Fsp3) is 0.357. The number of hydrogen-bond acceptors (Lipinski definition) is 7. The van der Waals surface area contributed by atoms with E-state index in [0.717, 1.165) is 17.8 Å². The van der Waals surface area contributed by atoms with Crippen LogP contribution in [0.4, 0.5) is 0 Å². The molecular weight excluding hydrogens is 454 g/mol. The minimum absolute atomic E-state index is 0.122. The Morgan fingerprint density at radius 3 is 2.39 bits per heavy atom. The first kappa shape index (κ1) is 25.0.